The van der Waals surface area contributed by atoms with Gasteiger partial charge in [0.05, 0.1) is 5.92 Å². The van der Waals surface area contributed by atoms with Crippen LogP contribution in [-0.2, 0) is 4.79 Å². The molecule has 1 aliphatic heterocycles. The maximum Gasteiger partial charge on any atom is 0.222 e. The third-order valence-electron chi connectivity index (χ3n) is 3.80. The van der Waals surface area contributed by atoms with Crippen molar-refractivity contribution in [3.63, 3.8) is 0 Å². The smallest absolute Gasteiger partial charge is 0.222 e. The van der Waals surface area contributed by atoms with Gasteiger partial charge >= 0.3 is 0 Å². The lowest BCUT2D eigenvalue weighted by Gasteiger charge is -2.34. The van der Waals surface area contributed by atoms with Crippen LogP contribution < -0.4 is 11.1 Å². The topological polar surface area (TPSA) is 55.1 Å². The van der Waals surface area contributed by atoms with Crippen LogP contribution in [0.3, 0.4) is 0 Å². The fourth-order valence-corrected chi connectivity index (χ4v) is 3.94. The first-order valence-electron chi connectivity index (χ1n) is 6.40. The molecule has 2 aliphatic rings. The van der Waals surface area contributed by atoms with E-state index in [4.69, 9.17) is 5.73 Å². The summed E-state index contributed by atoms with van der Waals surface area (Å²) in [5.74, 6) is 2.47. The lowest BCUT2D eigenvalue weighted by atomic mass is 9.83. The molecule has 0 radical (unpaired) electrons. The molecule has 1 saturated heterocycles. The summed E-state index contributed by atoms with van der Waals surface area (Å²) in [6, 6.07) is 0.963. The molecule has 0 bridgehead atoms. The highest BCUT2D eigenvalue weighted by Crippen LogP contribution is 2.26. The van der Waals surface area contributed by atoms with E-state index in [1.165, 1.54) is 30.8 Å². The summed E-state index contributed by atoms with van der Waals surface area (Å²) in [7, 11) is 0. The molecular weight excluding hydrogens is 220 g/mol. The monoisotopic (exact) mass is 242 g/mol. The number of nitrogens with one attached hydrogen (secondary N) is 1. The Labute approximate surface area is 102 Å². The van der Waals surface area contributed by atoms with E-state index in [0.717, 1.165) is 19.3 Å². The van der Waals surface area contributed by atoms with Crippen molar-refractivity contribution in [3.05, 3.63) is 0 Å². The van der Waals surface area contributed by atoms with Crippen molar-refractivity contribution in [1.82, 2.24) is 5.32 Å². The number of thioether (sulfide) groups is 1. The predicted octanol–water partition coefficient (Wildman–Crippen LogP) is 1.52. The molecular formula is C12H22N2OS. The van der Waals surface area contributed by atoms with Gasteiger partial charge in [-0.15, -0.1) is 0 Å². The molecule has 2 fully saturated rings. The normalized spacial score (nSPS) is 32.5. The number of carbonyl (C=O) groups excluding carboxylic acids is 1. The maximum atomic E-state index is 11.4. The molecule has 3 N–H and O–H groups in total. The third-order valence-corrected chi connectivity index (χ3v) is 4.85. The van der Waals surface area contributed by atoms with Crippen LogP contribution in [0.5, 0.6) is 0 Å². The van der Waals surface area contributed by atoms with Gasteiger partial charge in [-0.05, 0) is 37.2 Å². The molecule has 2 atom stereocenters. The number of hydrogen-bond donors (Lipinski definition) is 2. The Morgan fingerprint density at radius 1 is 1.12 bits per heavy atom. The molecule has 1 aliphatic carbocycles. The Kier molecular flexibility index (Phi) is 4.53. The average Bonchev–Trinajstić information content (AvgIpc) is 2.31. The molecule has 2 unspecified atom stereocenters. The van der Waals surface area contributed by atoms with Gasteiger partial charge in [-0.2, -0.15) is 11.8 Å². The van der Waals surface area contributed by atoms with Crippen LogP contribution in [0.4, 0.5) is 0 Å². The summed E-state index contributed by atoms with van der Waals surface area (Å²) in [6.07, 6.45) is 6.99. The Bertz CT molecular complexity index is 241. The number of primary amides is 1. The maximum absolute atomic E-state index is 11.4. The molecule has 2 rings (SSSR count). The first kappa shape index (κ1) is 12.2. The minimum absolute atomic E-state index is 0.0725. The fraction of sp³-hybridized carbons (Fsp3) is 0.917. The van der Waals surface area contributed by atoms with Crippen LogP contribution in [0, 0.1) is 5.92 Å². The Balaban J connectivity index is 1.87. The van der Waals surface area contributed by atoms with E-state index in [1.54, 1.807) is 0 Å². The second kappa shape index (κ2) is 5.92. The SMILES string of the molecule is NC(=O)C1CCCCC1NC1CCSCC1. The quantitative estimate of drug-likeness (QED) is 0.789. The standard InChI is InChI=1S/C12H22N2OS/c13-12(15)10-3-1-2-4-11(10)14-9-5-7-16-8-6-9/h9-11,14H,1-8H2,(H2,13,15). The van der Waals surface area contributed by atoms with Crippen molar-refractivity contribution in [1.29, 1.82) is 0 Å². The summed E-state index contributed by atoms with van der Waals surface area (Å²) in [4.78, 5) is 11.4. The van der Waals surface area contributed by atoms with Crippen LogP contribution >= 0.6 is 11.8 Å². The Morgan fingerprint density at radius 3 is 2.50 bits per heavy atom. The molecule has 1 saturated carbocycles. The van der Waals surface area contributed by atoms with Gasteiger partial charge in [-0.1, -0.05) is 12.8 Å². The molecule has 1 amide bonds. The summed E-state index contributed by atoms with van der Waals surface area (Å²) in [5, 5.41) is 3.68. The van der Waals surface area contributed by atoms with E-state index in [0.29, 0.717) is 12.1 Å². The Hall–Kier alpha value is -0.220. The van der Waals surface area contributed by atoms with E-state index < -0.39 is 0 Å². The van der Waals surface area contributed by atoms with Crippen LogP contribution in [-0.4, -0.2) is 29.5 Å². The Morgan fingerprint density at radius 2 is 1.81 bits per heavy atom. The highest BCUT2D eigenvalue weighted by Gasteiger charge is 2.30. The van der Waals surface area contributed by atoms with Crippen molar-refractivity contribution in [2.45, 2.75) is 50.6 Å². The van der Waals surface area contributed by atoms with E-state index in [9.17, 15) is 4.79 Å². The van der Waals surface area contributed by atoms with Gasteiger partial charge in [0, 0.05) is 12.1 Å². The van der Waals surface area contributed by atoms with Gasteiger partial charge in [0.1, 0.15) is 0 Å². The van der Waals surface area contributed by atoms with Crippen molar-refractivity contribution < 1.29 is 4.79 Å². The number of carbonyl (C=O) groups is 1. The highest BCUT2D eigenvalue weighted by molar-refractivity contribution is 7.99. The minimum Gasteiger partial charge on any atom is -0.369 e. The van der Waals surface area contributed by atoms with Gasteiger partial charge in [0.25, 0.3) is 0 Å². The van der Waals surface area contributed by atoms with Crippen molar-refractivity contribution >= 4 is 17.7 Å². The fourth-order valence-electron chi connectivity index (χ4n) is 2.84. The van der Waals surface area contributed by atoms with Crippen LogP contribution in [0.25, 0.3) is 0 Å². The second-order valence-electron chi connectivity index (χ2n) is 4.95. The second-order valence-corrected chi connectivity index (χ2v) is 6.18. The number of hydrogen-bond acceptors (Lipinski definition) is 3. The van der Waals surface area contributed by atoms with E-state index >= 15 is 0 Å². The van der Waals surface area contributed by atoms with Gasteiger partial charge in [0.2, 0.25) is 5.91 Å². The first-order valence-corrected chi connectivity index (χ1v) is 7.56. The van der Waals surface area contributed by atoms with E-state index in [2.05, 4.69) is 5.32 Å². The summed E-state index contributed by atoms with van der Waals surface area (Å²) in [5.41, 5.74) is 5.48. The zero-order valence-corrected chi connectivity index (χ0v) is 10.6. The summed E-state index contributed by atoms with van der Waals surface area (Å²) < 4.78 is 0. The average molecular weight is 242 g/mol. The minimum atomic E-state index is -0.109. The molecule has 0 aromatic carbocycles. The molecule has 0 aromatic heterocycles. The van der Waals surface area contributed by atoms with Crippen LogP contribution in [0.15, 0.2) is 0 Å². The number of rotatable bonds is 3. The zero-order chi connectivity index (χ0) is 11.4. The summed E-state index contributed by atoms with van der Waals surface area (Å²) >= 11 is 2.04. The van der Waals surface area contributed by atoms with Gasteiger partial charge in [0.15, 0.2) is 0 Å². The van der Waals surface area contributed by atoms with Gasteiger partial charge < -0.3 is 11.1 Å². The van der Waals surface area contributed by atoms with Crippen LogP contribution in [0.1, 0.15) is 38.5 Å². The number of nitrogens with two attached hydrogens (primary N) is 1. The van der Waals surface area contributed by atoms with Crippen molar-refractivity contribution in [2.24, 2.45) is 11.7 Å². The van der Waals surface area contributed by atoms with Crippen molar-refractivity contribution in [2.75, 3.05) is 11.5 Å². The van der Waals surface area contributed by atoms with Crippen LogP contribution in [0.2, 0.25) is 0 Å². The van der Waals surface area contributed by atoms with Gasteiger partial charge in [-0.25, -0.2) is 0 Å². The molecule has 1 heterocycles. The van der Waals surface area contributed by atoms with E-state index in [1.807, 2.05) is 11.8 Å². The molecule has 92 valence electrons. The zero-order valence-electron chi connectivity index (χ0n) is 9.78. The molecule has 0 spiro atoms. The summed E-state index contributed by atoms with van der Waals surface area (Å²) in [6.45, 7) is 0. The first-order chi connectivity index (χ1) is 7.77. The van der Waals surface area contributed by atoms with E-state index in [-0.39, 0.29) is 11.8 Å². The predicted molar refractivity (Wildman–Crippen MR) is 68.4 cm³/mol. The molecule has 0 aromatic rings. The highest BCUT2D eigenvalue weighted by atomic mass is 32.2. The molecule has 4 heteroatoms. The lowest BCUT2D eigenvalue weighted by Crippen LogP contribution is -2.49. The lowest BCUT2D eigenvalue weighted by molar-refractivity contribution is -0.123. The molecule has 16 heavy (non-hydrogen) atoms. The molecule has 3 nitrogen and oxygen atoms in total. The third kappa shape index (κ3) is 3.14. The number of amides is 1. The van der Waals surface area contributed by atoms with Crippen molar-refractivity contribution in [3.8, 4) is 0 Å². The van der Waals surface area contributed by atoms with Gasteiger partial charge in [-0.3, -0.25) is 4.79 Å². The largest absolute Gasteiger partial charge is 0.369 e.